The maximum atomic E-state index is 12.8. The third-order valence-electron chi connectivity index (χ3n) is 12.0. The van der Waals surface area contributed by atoms with E-state index in [9.17, 15) is 14.4 Å². The summed E-state index contributed by atoms with van der Waals surface area (Å²) in [7, 11) is 0. The molecule has 1 unspecified atom stereocenters. The minimum absolute atomic E-state index is 0.0991. The predicted molar refractivity (Wildman–Crippen MR) is 302 cm³/mol. The average Bonchev–Trinajstić information content (AvgIpc) is 3.36. The molecule has 0 bridgehead atoms. The van der Waals surface area contributed by atoms with Crippen LogP contribution < -0.4 is 0 Å². The van der Waals surface area contributed by atoms with Gasteiger partial charge in [-0.05, 0) is 122 Å². The molecule has 0 aliphatic carbocycles. The summed E-state index contributed by atoms with van der Waals surface area (Å²) in [5, 5.41) is 0. The van der Waals surface area contributed by atoms with E-state index >= 15 is 0 Å². The van der Waals surface area contributed by atoms with E-state index < -0.39 is 6.10 Å². The lowest BCUT2D eigenvalue weighted by atomic mass is 10.0. The van der Waals surface area contributed by atoms with Crippen LogP contribution in [0, 0.1) is 0 Å². The molecule has 0 aliphatic heterocycles. The molecule has 0 saturated carbocycles. The molecule has 0 N–H and O–H groups in total. The Balaban J connectivity index is 4.34. The first kappa shape index (κ1) is 66.1. The second kappa shape index (κ2) is 57.6. The van der Waals surface area contributed by atoms with Gasteiger partial charge in [0, 0.05) is 19.3 Å². The van der Waals surface area contributed by atoms with Crippen molar-refractivity contribution in [3.05, 3.63) is 109 Å². The van der Waals surface area contributed by atoms with Crippen molar-refractivity contribution in [2.24, 2.45) is 0 Å². The molecule has 0 aromatic heterocycles. The molecule has 398 valence electrons. The molecule has 70 heavy (non-hydrogen) atoms. The lowest BCUT2D eigenvalue weighted by Gasteiger charge is -2.18. The molecule has 0 amide bonds. The van der Waals surface area contributed by atoms with Crippen molar-refractivity contribution < 1.29 is 28.6 Å². The van der Waals surface area contributed by atoms with Gasteiger partial charge in [-0.25, -0.2) is 0 Å². The van der Waals surface area contributed by atoms with Gasteiger partial charge in [0.1, 0.15) is 13.2 Å². The Hall–Kier alpha value is -3.93. The van der Waals surface area contributed by atoms with E-state index in [1.807, 2.05) is 0 Å². The lowest BCUT2D eigenvalue weighted by Crippen LogP contribution is -2.30. The topological polar surface area (TPSA) is 78.9 Å². The van der Waals surface area contributed by atoms with Gasteiger partial charge in [0.15, 0.2) is 6.10 Å². The van der Waals surface area contributed by atoms with Crippen LogP contribution in [0.5, 0.6) is 0 Å². The number of allylic oxidation sites excluding steroid dienone is 18. The molecule has 0 aliphatic rings. The monoisotopic (exact) mass is 971 g/mol. The van der Waals surface area contributed by atoms with Crippen LogP contribution in [-0.4, -0.2) is 37.2 Å². The van der Waals surface area contributed by atoms with Crippen molar-refractivity contribution >= 4 is 17.9 Å². The van der Waals surface area contributed by atoms with Crippen LogP contribution in [-0.2, 0) is 28.6 Å². The van der Waals surface area contributed by atoms with Crippen LogP contribution in [0.3, 0.4) is 0 Å². The van der Waals surface area contributed by atoms with Gasteiger partial charge in [-0.1, -0.05) is 226 Å². The number of hydrogen-bond acceptors (Lipinski definition) is 6. The highest BCUT2D eigenvalue weighted by atomic mass is 16.6. The molecule has 0 fully saturated rings. The zero-order chi connectivity index (χ0) is 50.7. The van der Waals surface area contributed by atoms with E-state index in [0.717, 1.165) is 116 Å². The summed E-state index contributed by atoms with van der Waals surface area (Å²) in [6.45, 7) is 6.35. The Morgan fingerprint density at radius 1 is 0.300 bits per heavy atom. The van der Waals surface area contributed by atoms with E-state index in [-0.39, 0.29) is 37.5 Å². The fourth-order valence-corrected chi connectivity index (χ4v) is 7.71. The molecule has 0 aromatic carbocycles. The van der Waals surface area contributed by atoms with Crippen LogP contribution in [0.15, 0.2) is 109 Å². The standard InChI is InChI=1S/C64H106O6/c1-4-7-10-13-16-19-22-25-27-28-29-30-31-32-33-34-35-36-38-39-42-45-48-51-54-57-63(66)69-60-61(59-68-62(65)56-53-50-47-44-41-24-21-18-15-12-9-6-3)70-64(67)58-55-52-49-46-43-40-37-26-23-20-17-14-11-8-5-2/h7-8,10-11,16-21,25-27,29-30,37,43,46,61H,4-6,9,12-15,22-24,28,31-36,38-42,44-45,47-60H2,1-3H3/b10-7-,11-8-,19-16-,20-17-,21-18-,27-25-,30-29-,37-26-,46-43-. The number of hydrogen-bond donors (Lipinski definition) is 0. The van der Waals surface area contributed by atoms with Crippen molar-refractivity contribution in [2.45, 2.75) is 264 Å². The third-order valence-corrected chi connectivity index (χ3v) is 12.0. The van der Waals surface area contributed by atoms with Gasteiger partial charge >= 0.3 is 17.9 Å². The maximum Gasteiger partial charge on any atom is 0.306 e. The van der Waals surface area contributed by atoms with Gasteiger partial charge in [0.05, 0.1) is 0 Å². The summed E-state index contributed by atoms with van der Waals surface area (Å²) < 4.78 is 16.8. The highest BCUT2D eigenvalue weighted by Gasteiger charge is 2.19. The number of rotatable bonds is 51. The predicted octanol–water partition coefficient (Wildman–Crippen LogP) is 19.5. The number of esters is 3. The number of ether oxygens (including phenoxy) is 3. The Morgan fingerprint density at radius 2 is 0.557 bits per heavy atom. The molecule has 6 heteroatoms. The summed E-state index contributed by atoms with van der Waals surface area (Å²) in [5.74, 6) is -0.952. The first-order valence-corrected chi connectivity index (χ1v) is 28.9. The highest BCUT2D eigenvalue weighted by molar-refractivity contribution is 5.71. The van der Waals surface area contributed by atoms with Gasteiger partial charge in [-0.15, -0.1) is 0 Å². The zero-order valence-corrected chi connectivity index (χ0v) is 45.5. The Bertz CT molecular complexity index is 1440. The molecule has 0 aromatic rings. The lowest BCUT2D eigenvalue weighted by molar-refractivity contribution is -0.167. The molecule has 1 atom stereocenters. The maximum absolute atomic E-state index is 12.8. The van der Waals surface area contributed by atoms with Gasteiger partial charge in [-0.3, -0.25) is 14.4 Å². The fraction of sp³-hybridized carbons (Fsp3) is 0.672. The van der Waals surface area contributed by atoms with Crippen molar-refractivity contribution in [2.75, 3.05) is 13.2 Å². The second-order valence-electron chi connectivity index (χ2n) is 18.8. The largest absolute Gasteiger partial charge is 0.462 e. The fourth-order valence-electron chi connectivity index (χ4n) is 7.71. The minimum atomic E-state index is -0.805. The smallest absolute Gasteiger partial charge is 0.306 e. The first-order valence-electron chi connectivity index (χ1n) is 28.9. The van der Waals surface area contributed by atoms with E-state index in [4.69, 9.17) is 14.2 Å². The summed E-state index contributed by atoms with van der Waals surface area (Å²) in [4.78, 5) is 38.1. The van der Waals surface area contributed by atoms with E-state index in [0.29, 0.717) is 19.3 Å². The van der Waals surface area contributed by atoms with Crippen LogP contribution in [0.2, 0.25) is 0 Å². The van der Waals surface area contributed by atoms with Crippen molar-refractivity contribution in [1.82, 2.24) is 0 Å². The molecular formula is C64H106O6. The van der Waals surface area contributed by atoms with Crippen LogP contribution in [0.4, 0.5) is 0 Å². The minimum Gasteiger partial charge on any atom is -0.462 e. The van der Waals surface area contributed by atoms with E-state index in [1.165, 1.54) is 96.3 Å². The Morgan fingerprint density at radius 3 is 0.914 bits per heavy atom. The molecule has 0 rings (SSSR count). The molecule has 0 spiro atoms. The third kappa shape index (κ3) is 55.0. The molecule has 0 heterocycles. The van der Waals surface area contributed by atoms with Crippen LogP contribution in [0.1, 0.15) is 258 Å². The summed E-state index contributed by atoms with van der Waals surface area (Å²) in [5.41, 5.74) is 0. The van der Waals surface area contributed by atoms with E-state index in [1.54, 1.807) is 0 Å². The Kier molecular flexibility index (Phi) is 54.4. The molecule has 6 nitrogen and oxygen atoms in total. The molecule has 0 radical (unpaired) electrons. The van der Waals surface area contributed by atoms with E-state index in [2.05, 4.69) is 130 Å². The molecule has 0 saturated heterocycles. The van der Waals surface area contributed by atoms with Gasteiger partial charge < -0.3 is 14.2 Å². The van der Waals surface area contributed by atoms with Crippen molar-refractivity contribution in [3.63, 3.8) is 0 Å². The zero-order valence-electron chi connectivity index (χ0n) is 45.5. The Labute approximate surface area is 431 Å². The second-order valence-corrected chi connectivity index (χ2v) is 18.8. The van der Waals surface area contributed by atoms with Gasteiger partial charge in [0.25, 0.3) is 0 Å². The highest BCUT2D eigenvalue weighted by Crippen LogP contribution is 2.15. The SMILES string of the molecule is CC/C=C\C/C=C\C/C=C\C/C=C\CCCCCCCCCCCCCCC(=O)OCC(COC(=O)CCCCCCC/C=C\CCCCC)OC(=O)CCCC/C=C\C/C=C\C/C=C\C/C=C\CC. The van der Waals surface area contributed by atoms with Crippen molar-refractivity contribution in [1.29, 1.82) is 0 Å². The van der Waals surface area contributed by atoms with Crippen LogP contribution >= 0.6 is 0 Å². The van der Waals surface area contributed by atoms with Crippen LogP contribution in [0.25, 0.3) is 0 Å². The molecular weight excluding hydrogens is 865 g/mol. The number of unbranched alkanes of at least 4 members (excludes halogenated alkanes) is 22. The van der Waals surface area contributed by atoms with Gasteiger partial charge in [-0.2, -0.15) is 0 Å². The summed E-state index contributed by atoms with van der Waals surface area (Å²) >= 11 is 0. The quantitative estimate of drug-likeness (QED) is 0.0262. The van der Waals surface area contributed by atoms with Gasteiger partial charge in [0.2, 0.25) is 0 Å². The summed E-state index contributed by atoms with van der Waals surface area (Å²) in [6.07, 6.45) is 78.0. The first-order chi connectivity index (χ1) is 34.5. The van der Waals surface area contributed by atoms with Crippen molar-refractivity contribution in [3.8, 4) is 0 Å². The normalized spacial score (nSPS) is 12.9. The number of carbonyl (C=O) groups is 3. The average molecular weight is 972 g/mol. The number of carbonyl (C=O) groups excluding carboxylic acids is 3. The summed E-state index contributed by atoms with van der Waals surface area (Å²) in [6, 6.07) is 0.